The average molecular weight is 1290 g/mol. The van der Waals surface area contributed by atoms with Crippen LogP contribution in [0.3, 0.4) is 0 Å². The molecule has 12 atom stereocenters. The topological polar surface area (TPSA) is 508 Å². The smallest absolute Gasteiger partial charge is 0.335 e. The molecular formula is C56H99ClN14O18. The summed E-state index contributed by atoms with van der Waals surface area (Å²) in [7, 11) is 4.94. The first-order valence-corrected chi connectivity index (χ1v) is 30.7. The number of hydrogen-bond acceptors (Lipinski definition) is 21. The van der Waals surface area contributed by atoms with Crippen LogP contribution >= 0.6 is 11.6 Å². The summed E-state index contributed by atoms with van der Waals surface area (Å²) in [6, 6.07) is -15.5. The van der Waals surface area contributed by atoms with Crippen molar-refractivity contribution in [2.24, 2.45) is 17.2 Å². The van der Waals surface area contributed by atoms with Crippen molar-refractivity contribution in [3.63, 3.8) is 0 Å². The van der Waals surface area contributed by atoms with E-state index in [1.165, 1.54) is 18.9 Å². The standard InChI is InChI=1S/C56H99ClN14O18/c1-7-9-10-11-12-13-14-15-16-19-33(73)28-41(75)61-39-31-89-56(88)44(40(74)30-57)68-54(85)45(46(77)55(86)87)69-47(78)34(8-2)62-53(84)43(32(3)72)67-50(81)37(22-25-60)64-48(79)35(20-17-18-23-58)63-51(82)38(29-42(76)71(6)27-26-70(4)5)66-49(80)36(21-24-59)65-52(39)83/h8,32-33,35-40,43-46,72-74,77H,7,9-31,58-60H2,1-6H3,(H,61,75)(H,62,84)(H,63,82)(H,64,79)(H,65,83)(H,66,80)(H,67,81)(H,68,85)(H,69,78)(H,86,87)/b34-8-/t32-,33+,35-,36+,37-,38-,39-,40+,43-,44-,45-,46-/m0/s1. The van der Waals surface area contributed by atoms with Crippen molar-refractivity contribution in [3.05, 3.63) is 11.8 Å². The van der Waals surface area contributed by atoms with Crippen LogP contribution in [0.5, 0.6) is 0 Å². The number of esters is 1. The van der Waals surface area contributed by atoms with Crippen LogP contribution in [-0.4, -0.2) is 245 Å². The quantitative estimate of drug-likeness (QED) is 0.0133. The lowest BCUT2D eigenvalue weighted by Gasteiger charge is -2.29. The fourth-order valence-corrected chi connectivity index (χ4v) is 9.04. The summed E-state index contributed by atoms with van der Waals surface area (Å²) in [5, 5.41) is 73.5. The summed E-state index contributed by atoms with van der Waals surface area (Å²) in [6.07, 6.45) is 0.333. The van der Waals surface area contributed by atoms with Crippen molar-refractivity contribution in [2.75, 3.05) is 66.4 Å². The highest BCUT2D eigenvalue weighted by molar-refractivity contribution is 6.18. The third kappa shape index (κ3) is 30.6. The van der Waals surface area contributed by atoms with Crippen LogP contribution in [0.2, 0.25) is 0 Å². The zero-order chi connectivity index (χ0) is 67.3. The molecule has 89 heavy (non-hydrogen) atoms. The number of aliphatic hydroxyl groups excluding tert-OH is 4. The van der Waals surface area contributed by atoms with Gasteiger partial charge in [-0.25, -0.2) is 9.59 Å². The maximum absolute atomic E-state index is 14.5. The number of likely N-dealkylation sites (N-methyl/N-ethyl adjacent to an activating group) is 2. The number of carboxylic acids is 1. The average Bonchev–Trinajstić information content (AvgIpc) is 3.67. The Labute approximate surface area is 524 Å². The van der Waals surface area contributed by atoms with Crippen molar-refractivity contribution >= 4 is 82.6 Å². The van der Waals surface area contributed by atoms with Gasteiger partial charge >= 0.3 is 11.9 Å². The Morgan fingerprint density at radius 2 is 1.16 bits per heavy atom. The van der Waals surface area contributed by atoms with Crippen LogP contribution in [0.4, 0.5) is 0 Å². The number of aliphatic carboxylic acids is 1. The van der Waals surface area contributed by atoms with Gasteiger partial charge in [0.1, 0.15) is 54.6 Å². The van der Waals surface area contributed by atoms with Crippen molar-refractivity contribution in [2.45, 2.75) is 203 Å². The second kappa shape index (κ2) is 43.9. The summed E-state index contributed by atoms with van der Waals surface area (Å²) in [4.78, 5) is 170. The molecule has 33 heteroatoms. The molecule has 10 amide bonds. The molecule has 32 nitrogen and oxygen atoms in total. The number of nitrogens with zero attached hydrogens (tertiary/aromatic N) is 2. The van der Waals surface area contributed by atoms with Crippen molar-refractivity contribution in [3.8, 4) is 0 Å². The van der Waals surface area contributed by atoms with Gasteiger partial charge in [0, 0.05) is 20.1 Å². The van der Waals surface area contributed by atoms with Crippen LogP contribution in [-0.2, 0) is 62.3 Å². The number of unbranched alkanes of at least 4 members (excludes halogenated alkanes) is 9. The number of nitrogens with two attached hydrogens (primary N) is 3. The second-order valence-corrected chi connectivity index (χ2v) is 22.4. The number of alkyl halides is 1. The molecule has 508 valence electrons. The van der Waals surface area contributed by atoms with Crippen LogP contribution < -0.4 is 65.1 Å². The molecule has 0 radical (unpaired) electrons. The SMILES string of the molecule is C/C=C1\NC(=O)[C@H]([C@H](C)O)NC(=O)[C@H](CCN)NC(=O)[C@H](CCCCN)NC(=O)[C@H](CC(=O)N(C)CCN(C)C)NC(=O)[C@@H](CCN)NC(=O)[C@@H](NC(=O)C[C@H](O)CCCCCCCCCCC)COC(=O)[C@H]([C@H](O)CCl)NC(=O)[C@H]([C@H](O)C(=O)O)NC1=O. The summed E-state index contributed by atoms with van der Waals surface area (Å²) in [5.41, 5.74) is 16.7. The lowest BCUT2D eigenvalue weighted by Crippen LogP contribution is -2.62. The molecule has 1 heterocycles. The first-order valence-electron chi connectivity index (χ1n) is 30.2. The molecule has 0 aromatic heterocycles. The number of carbonyl (C=O) groups is 12. The van der Waals surface area contributed by atoms with Gasteiger partial charge in [0.25, 0.3) is 5.91 Å². The molecule has 1 saturated heterocycles. The van der Waals surface area contributed by atoms with Gasteiger partial charge in [-0.3, -0.25) is 47.9 Å². The highest BCUT2D eigenvalue weighted by Gasteiger charge is 2.41. The van der Waals surface area contributed by atoms with Gasteiger partial charge in [-0.1, -0.05) is 70.8 Å². The third-order valence-electron chi connectivity index (χ3n) is 14.3. The van der Waals surface area contributed by atoms with E-state index in [0.29, 0.717) is 19.4 Å². The Morgan fingerprint density at radius 3 is 1.67 bits per heavy atom. The Morgan fingerprint density at radius 1 is 0.640 bits per heavy atom. The maximum atomic E-state index is 14.5. The van der Waals surface area contributed by atoms with Gasteiger partial charge in [0.15, 0.2) is 12.1 Å². The van der Waals surface area contributed by atoms with Gasteiger partial charge in [-0.2, -0.15) is 0 Å². The van der Waals surface area contributed by atoms with E-state index in [4.69, 9.17) is 33.5 Å². The van der Waals surface area contributed by atoms with E-state index >= 15 is 0 Å². The number of amides is 10. The largest absolute Gasteiger partial charge is 0.479 e. The summed E-state index contributed by atoms with van der Waals surface area (Å²) < 4.78 is 5.35. The molecule has 0 aromatic carbocycles. The van der Waals surface area contributed by atoms with E-state index in [1.54, 1.807) is 19.0 Å². The van der Waals surface area contributed by atoms with Crippen molar-refractivity contribution in [1.82, 2.24) is 57.7 Å². The predicted molar refractivity (Wildman–Crippen MR) is 324 cm³/mol. The van der Waals surface area contributed by atoms with Crippen LogP contribution in [0.15, 0.2) is 11.8 Å². The lowest BCUT2D eigenvalue weighted by atomic mass is 10.0. The van der Waals surface area contributed by atoms with E-state index in [1.807, 2.05) is 10.6 Å². The predicted octanol–water partition coefficient (Wildman–Crippen LogP) is -5.22. The fraction of sp³-hybridized carbons (Fsp3) is 0.750. The molecule has 0 saturated carbocycles. The first kappa shape index (κ1) is 80.4. The number of carbonyl (C=O) groups excluding carboxylic acids is 11. The minimum absolute atomic E-state index is 0.145. The van der Waals surface area contributed by atoms with Gasteiger partial charge in [0.2, 0.25) is 53.2 Å². The molecule has 0 aromatic rings. The highest BCUT2D eigenvalue weighted by atomic mass is 35.5. The van der Waals surface area contributed by atoms with Crippen LogP contribution in [0, 0.1) is 0 Å². The summed E-state index contributed by atoms with van der Waals surface area (Å²) >= 11 is 5.90. The van der Waals surface area contributed by atoms with Gasteiger partial charge in [-0.15, -0.1) is 11.6 Å². The zero-order valence-electron chi connectivity index (χ0n) is 52.0. The molecule has 1 fully saturated rings. The number of nitrogens with one attached hydrogen (secondary N) is 9. The number of hydrogen-bond donors (Lipinski definition) is 17. The molecule has 0 bridgehead atoms. The summed E-state index contributed by atoms with van der Waals surface area (Å²) in [5.74, 6) is -16.3. The molecule has 0 unspecified atom stereocenters. The highest BCUT2D eigenvalue weighted by Crippen LogP contribution is 2.14. The van der Waals surface area contributed by atoms with Crippen molar-refractivity contribution in [1.29, 1.82) is 0 Å². The first-order chi connectivity index (χ1) is 42.1. The molecule has 20 N–H and O–H groups in total. The minimum atomic E-state index is -2.83. The van der Waals surface area contributed by atoms with Gasteiger partial charge in [0.05, 0.1) is 37.0 Å². The normalized spacial score (nSPS) is 23.7. The number of halogens is 1. The van der Waals surface area contributed by atoms with Crippen LogP contribution in [0.25, 0.3) is 0 Å². The number of ether oxygens (including phenoxy) is 1. The molecule has 1 rings (SSSR count). The van der Waals surface area contributed by atoms with E-state index in [9.17, 15) is 83.1 Å². The fourth-order valence-electron chi connectivity index (χ4n) is 8.86. The van der Waals surface area contributed by atoms with Crippen LogP contribution in [0.1, 0.15) is 130 Å². The van der Waals surface area contributed by atoms with E-state index < -0.39 is 181 Å². The molecule has 1 aliphatic heterocycles. The van der Waals surface area contributed by atoms with E-state index in [0.717, 1.165) is 64.4 Å². The number of rotatable bonds is 31. The van der Waals surface area contributed by atoms with E-state index in [2.05, 4.69) is 44.1 Å². The monoisotopic (exact) mass is 1290 g/mol. The number of aliphatic hydroxyl groups is 4. The molecule has 1 aliphatic rings. The number of carboxylic acid groups (broad SMARTS) is 1. The Balaban J connectivity index is 4.16. The zero-order valence-corrected chi connectivity index (χ0v) is 52.8. The van der Waals surface area contributed by atoms with Gasteiger partial charge < -0.3 is 105 Å². The Kier molecular flexibility index (Phi) is 39.7. The minimum Gasteiger partial charge on any atom is -0.479 e. The Bertz CT molecular complexity index is 2340. The molecule has 0 aliphatic carbocycles. The molecule has 0 spiro atoms. The third-order valence-corrected chi connectivity index (χ3v) is 14.6. The van der Waals surface area contributed by atoms with Crippen molar-refractivity contribution < 1.29 is 87.8 Å². The van der Waals surface area contributed by atoms with E-state index in [-0.39, 0.29) is 51.9 Å². The second-order valence-electron chi connectivity index (χ2n) is 22.1. The lowest BCUT2D eigenvalue weighted by molar-refractivity contribution is -0.155. The Hall–Kier alpha value is -6.65. The maximum Gasteiger partial charge on any atom is 0.335 e. The summed E-state index contributed by atoms with van der Waals surface area (Å²) in [6.45, 7) is 3.28. The number of cyclic esters (lactones) is 1. The number of allylic oxidation sites excluding steroid dienone is 1. The molecular weight excluding hydrogens is 1190 g/mol. The van der Waals surface area contributed by atoms with Gasteiger partial charge in [-0.05, 0) is 86.1 Å².